The van der Waals surface area contributed by atoms with E-state index in [1.807, 2.05) is 36.4 Å². The van der Waals surface area contributed by atoms with Crippen molar-refractivity contribution >= 4 is 16.8 Å². The summed E-state index contributed by atoms with van der Waals surface area (Å²) in [5.41, 5.74) is 2.63. The van der Waals surface area contributed by atoms with Gasteiger partial charge in [0.05, 0.1) is 38.1 Å². The first-order chi connectivity index (χ1) is 13.6. The van der Waals surface area contributed by atoms with Gasteiger partial charge in [-0.3, -0.25) is 4.79 Å². The Morgan fingerprint density at radius 2 is 1.75 bits per heavy atom. The highest BCUT2D eigenvalue weighted by atomic mass is 16.5. The number of nitrogens with one attached hydrogen (secondary N) is 1. The number of pyridine rings is 1. The summed E-state index contributed by atoms with van der Waals surface area (Å²) in [6.45, 7) is 4.03. The van der Waals surface area contributed by atoms with E-state index in [0.717, 1.165) is 16.5 Å². The van der Waals surface area contributed by atoms with Gasteiger partial charge in [0, 0.05) is 17.5 Å². The molecule has 0 saturated carbocycles. The number of aromatic nitrogens is 1. The molecule has 6 heteroatoms. The average Bonchev–Trinajstić information content (AvgIpc) is 2.75. The number of nitrogens with zero attached hydrogens (tertiary/aromatic N) is 1. The summed E-state index contributed by atoms with van der Waals surface area (Å²) in [6, 6.07) is 12.9. The van der Waals surface area contributed by atoms with Gasteiger partial charge >= 0.3 is 0 Å². The fourth-order valence-corrected chi connectivity index (χ4v) is 3.00. The summed E-state index contributed by atoms with van der Waals surface area (Å²) in [5, 5.41) is 3.61. The Kier molecular flexibility index (Phi) is 5.79. The highest BCUT2D eigenvalue weighted by molar-refractivity contribution is 6.07. The van der Waals surface area contributed by atoms with Crippen LogP contribution in [-0.2, 0) is 0 Å². The minimum Gasteiger partial charge on any atom is -0.493 e. The van der Waals surface area contributed by atoms with Crippen LogP contribution in [0.1, 0.15) is 10.4 Å². The Labute approximate surface area is 163 Å². The summed E-state index contributed by atoms with van der Waals surface area (Å²) in [6.07, 6.45) is 1.64. The van der Waals surface area contributed by atoms with Crippen molar-refractivity contribution in [1.29, 1.82) is 0 Å². The highest BCUT2D eigenvalue weighted by Crippen LogP contribution is 2.41. The van der Waals surface area contributed by atoms with Gasteiger partial charge in [0.15, 0.2) is 11.5 Å². The zero-order valence-electron chi connectivity index (χ0n) is 16.1. The molecule has 28 heavy (non-hydrogen) atoms. The number of fused-ring (bicyclic) bond motifs is 1. The third kappa shape index (κ3) is 3.62. The maximum absolute atomic E-state index is 12.7. The monoisotopic (exact) mass is 378 g/mol. The first kappa shape index (κ1) is 19.2. The number of hydrogen-bond acceptors (Lipinski definition) is 5. The molecule has 2 aromatic carbocycles. The van der Waals surface area contributed by atoms with E-state index in [2.05, 4.69) is 11.9 Å². The standard InChI is InChI=1S/C22H22N2O4/c1-5-10-23-22(25)16-13-18(24-17-9-7-6-8-15(16)17)14-11-19(26-2)21(28-4)20(12-14)27-3/h5-9,11-13H,1,10H2,2-4H3,(H,23,25). The largest absolute Gasteiger partial charge is 0.493 e. The Bertz CT molecular complexity index is 1010. The molecular formula is C22H22N2O4. The molecule has 0 aliphatic rings. The van der Waals surface area contributed by atoms with E-state index >= 15 is 0 Å². The van der Waals surface area contributed by atoms with E-state index in [9.17, 15) is 4.79 Å². The lowest BCUT2D eigenvalue weighted by Gasteiger charge is -2.15. The van der Waals surface area contributed by atoms with Crippen molar-refractivity contribution < 1.29 is 19.0 Å². The van der Waals surface area contributed by atoms with Gasteiger partial charge in [0.25, 0.3) is 5.91 Å². The molecule has 0 atom stereocenters. The molecule has 6 nitrogen and oxygen atoms in total. The van der Waals surface area contributed by atoms with Crippen LogP contribution in [0.3, 0.4) is 0 Å². The van der Waals surface area contributed by atoms with E-state index < -0.39 is 0 Å². The highest BCUT2D eigenvalue weighted by Gasteiger charge is 2.17. The van der Waals surface area contributed by atoms with Crippen LogP contribution in [0, 0.1) is 0 Å². The van der Waals surface area contributed by atoms with Gasteiger partial charge in [0.2, 0.25) is 5.75 Å². The van der Waals surface area contributed by atoms with Crippen molar-refractivity contribution in [1.82, 2.24) is 10.3 Å². The average molecular weight is 378 g/mol. The van der Waals surface area contributed by atoms with Gasteiger partial charge in [-0.05, 0) is 24.3 Å². The molecule has 1 amide bonds. The molecule has 0 saturated heterocycles. The van der Waals surface area contributed by atoms with Crippen LogP contribution in [0.4, 0.5) is 0 Å². The number of amides is 1. The third-order valence-electron chi connectivity index (χ3n) is 4.33. The second kappa shape index (κ2) is 8.43. The van der Waals surface area contributed by atoms with Gasteiger partial charge in [-0.25, -0.2) is 4.98 Å². The molecule has 3 aromatic rings. The third-order valence-corrected chi connectivity index (χ3v) is 4.33. The number of methoxy groups -OCH3 is 3. The molecular weight excluding hydrogens is 356 g/mol. The molecule has 0 spiro atoms. The number of ether oxygens (including phenoxy) is 3. The van der Waals surface area contributed by atoms with Gasteiger partial charge in [-0.15, -0.1) is 6.58 Å². The molecule has 144 valence electrons. The zero-order valence-corrected chi connectivity index (χ0v) is 16.1. The quantitative estimate of drug-likeness (QED) is 0.633. The van der Waals surface area contributed by atoms with Gasteiger partial charge < -0.3 is 19.5 Å². The lowest BCUT2D eigenvalue weighted by Crippen LogP contribution is -2.23. The van der Waals surface area contributed by atoms with Crippen molar-refractivity contribution in [2.24, 2.45) is 0 Å². The van der Waals surface area contributed by atoms with Crippen molar-refractivity contribution in [3.63, 3.8) is 0 Å². The summed E-state index contributed by atoms with van der Waals surface area (Å²) in [7, 11) is 4.67. The van der Waals surface area contributed by atoms with E-state index in [4.69, 9.17) is 19.2 Å². The van der Waals surface area contributed by atoms with E-state index in [1.54, 1.807) is 33.5 Å². The topological polar surface area (TPSA) is 69.7 Å². The SMILES string of the molecule is C=CCNC(=O)c1cc(-c2cc(OC)c(OC)c(OC)c2)nc2ccccc12. The fraction of sp³-hybridized carbons (Fsp3) is 0.182. The fourth-order valence-electron chi connectivity index (χ4n) is 3.00. The van der Waals surface area contributed by atoms with Gasteiger partial charge in [0.1, 0.15) is 0 Å². The van der Waals surface area contributed by atoms with Crippen molar-refractivity contribution in [3.05, 3.63) is 60.7 Å². The number of hydrogen-bond donors (Lipinski definition) is 1. The minimum atomic E-state index is -0.188. The number of para-hydroxylation sites is 1. The van der Waals surface area contributed by atoms with Crippen molar-refractivity contribution in [2.45, 2.75) is 0 Å². The molecule has 1 N–H and O–H groups in total. The predicted molar refractivity (Wildman–Crippen MR) is 109 cm³/mol. The summed E-state index contributed by atoms with van der Waals surface area (Å²) in [5.74, 6) is 1.35. The minimum absolute atomic E-state index is 0.188. The molecule has 0 bridgehead atoms. The predicted octanol–water partition coefficient (Wildman–Crippen LogP) is 3.84. The zero-order chi connectivity index (χ0) is 20.1. The van der Waals surface area contributed by atoms with Gasteiger partial charge in [-0.2, -0.15) is 0 Å². The maximum atomic E-state index is 12.7. The van der Waals surface area contributed by atoms with Crippen molar-refractivity contribution in [3.8, 4) is 28.5 Å². The van der Waals surface area contributed by atoms with Crippen LogP contribution < -0.4 is 19.5 Å². The van der Waals surface area contributed by atoms with Crippen LogP contribution >= 0.6 is 0 Å². The summed E-state index contributed by atoms with van der Waals surface area (Å²) in [4.78, 5) is 17.4. The second-order valence-corrected chi connectivity index (χ2v) is 5.98. The van der Waals surface area contributed by atoms with Crippen LogP contribution in [0.2, 0.25) is 0 Å². The van der Waals surface area contributed by atoms with E-state index in [-0.39, 0.29) is 5.91 Å². The lowest BCUT2D eigenvalue weighted by atomic mass is 10.0. The Morgan fingerprint density at radius 3 is 2.36 bits per heavy atom. The van der Waals surface area contributed by atoms with Crippen molar-refractivity contribution in [2.75, 3.05) is 27.9 Å². The normalized spacial score (nSPS) is 10.4. The number of carbonyl (C=O) groups is 1. The maximum Gasteiger partial charge on any atom is 0.252 e. The number of rotatable bonds is 7. The van der Waals surface area contributed by atoms with Crippen LogP contribution in [0.5, 0.6) is 17.2 Å². The van der Waals surface area contributed by atoms with Gasteiger partial charge in [-0.1, -0.05) is 24.3 Å². The molecule has 1 heterocycles. The molecule has 1 aromatic heterocycles. The second-order valence-electron chi connectivity index (χ2n) is 5.98. The first-order valence-electron chi connectivity index (χ1n) is 8.72. The molecule has 0 radical (unpaired) electrons. The Hall–Kier alpha value is -3.54. The van der Waals surface area contributed by atoms with Crippen LogP contribution in [0.15, 0.2) is 55.1 Å². The number of benzene rings is 2. The lowest BCUT2D eigenvalue weighted by molar-refractivity contribution is 0.0959. The summed E-state index contributed by atoms with van der Waals surface area (Å²) >= 11 is 0. The molecule has 0 fully saturated rings. The Balaban J connectivity index is 2.21. The summed E-state index contributed by atoms with van der Waals surface area (Å²) < 4.78 is 16.3. The van der Waals surface area contributed by atoms with E-state index in [0.29, 0.717) is 35.1 Å². The first-order valence-corrected chi connectivity index (χ1v) is 8.72. The van der Waals surface area contributed by atoms with Crippen LogP contribution in [-0.4, -0.2) is 38.8 Å². The Morgan fingerprint density at radius 1 is 1.07 bits per heavy atom. The molecule has 0 aliphatic carbocycles. The van der Waals surface area contributed by atoms with E-state index in [1.165, 1.54) is 0 Å². The smallest absolute Gasteiger partial charge is 0.252 e. The number of carbonyl (C=O) groups excluding carboxylic acids is 1. The molecule has 0 unspecified atom stereocenters. The molecule has 0 aliphatic heterocycles. The van der Waals surface area contributed by atoms with Crippen LogP contribution in [0.25, 0.3) is 22.2 Å². The molecule has 3 rings (SSSR count).